The number of amides is 3. The number of pyridine rings is 1. The van der Waals surface area contributed by atoms with Gasteiger partial charge in [0.25, 0.3) is 5.91 Å². The van der Waals surface area contributed by atoms with Crippen molar-refractivity contribution in [2.45, 2.75) is 123 Å². The Hall–Kier alpha value is -5.73. The number of carbonyl (C=O) groups excluding carboxylic acids is 5. The van der Waals surface area contributed by atoms with Crippen LogP contribution in [0.5, 0.6) is 0 Å². The maximum Gasteiger partial charge on any atom is 0.324 e. The first-order valence-corrected chi connectivity index (χ1v) is 23.2. The normalized spacial score (nSPS) is 22.2. The number of allylic oxidation sites excluding steroid dienone is 1. The number of likely N-dealkylation sites (N-methyl/N-ethyl adjacent to an activating group) is 1. The van der Waals surface area contributed by atoms with E-state index in [0.29, 0.717) is 38.6 Å². The lowest BCUT2D eigenvalue weighted by atomic mass is 9.84. The van der Waals surface area contributed by atoms with Gasteiger partial charge in [0.15, 0.2) is 5.78 Å². The van der Waals surface area contributed by atoms with Crippen molar-refractivity contribution in [2.24, 2.45) is 17.3 Å². The van der Waals surface area contributed by atoms with Gasteiger partial charge < -0.3 is 24.3 Å². The number of ether oxygens (including phenoxy) is 2. The molecule has 352 valence electrons. The first-order valence-electron chi connectivity index (χ1n) is 23.2. The first kappa shape index (κ1) is 48.2. The monoisotopic (exact) mass is 904 g/mol. The Balaban J connectivity index is 1.30. The summed E-state index contributed by atoms with van der Waals surface area (Å²) < 4.78 is 30.5. The number of fused-ring (bicyclic) bond motifs is 6. The van der Waals surface area contributed by atoms with Crippen LogP contribution < -0.4 is 10.7 Å². The number of nitrogens with zero attached hydrogens (tertiary/aromatic N) is 4. The number of halogens is 1. The van der Waals surface area contributed by atoms with Gasteiger partial charge in [0.1, 0.15) is 23.8 Å². The fraction of sp³-hybridized carbons (Fsp3) is 0.500. The van der Waals surface area contributed by atoms with Crippen LogP contribution in [0.3, 0.4) is 0 Å². The van der Waals surface area contributed by atoms with E-state index in [-0.39, 0.29) is 43.8 Å². The Morgan fingerprint density at radius 2 is 1.83 bits per heavy atom. The van der Waals surface area contributed by atoms with Gasteiger partial charge >= 0.3 is 5.97 Å². The number of aromatic nitrogens is 2. The smallest absolute Gasteiger partial charge is 0.324 e. The number of ketones is 1. The molecule has 0 radical (unpaired) electrons. The molecule has 2 N–H and O–H groups in total. The van der Waals surface area contributed by atoms with Gasteiger partial charge in [-0.1, -0.05) is 50.8 Å². The molecule has 1 saturated heterocycles. The van der Waals surface area contributed by atoms with Crippen LogP contribution in [0.25, 0.3) is 33.3 Å². The van der Waals surface area contributed by atoms with Gasteiger partial charge in [0, 0.05) is 73.6 Å². The van der Waals surface area contributed by atoms with Crippen molar-refractivity contribution in [1.29, 1.82) is 0 Å². The number of hydrogen-bond donors (Lipinski definition) is 2. The Morgan fingerprint density at radius 1 is 1.09 bits per heavy atom. The van der Waals surface area contributed by atoms with Crippen LogP contribution in [-0.4, -0.2) is 100 Å². The second-order valence-corrected chi connectivity index (χ2v) is 19.6. The number of hydrogen-bond acceptors (Lipinski definition) is 9. The van der Waals surface area contributed by atoms with Crippen molar-refractivity contribution in [1.82, 2.24) is 30.2 Å². The van der Waals surface area contributed by atoms with Crippen LogP contribution >= 0.6 is 0 Å². The van der Waals surface area contributed by atoms with E-state index in [1.165, 1.54) is 32.0 Å². The molecule has 4 aromatic rings. The Labute approximate surface area is 387 Å². The van der Waals surface area contributed by atoms with Gasteiger partial charge in [-0.25, -0.2) is 9.82 Å². The van der Waals surface area contributed by atoms with Crippen molar-refractivity contribution in [2.75, 3.05) is 27.3 Å². The van der Waals surface area contributed by atoms with E-state index < -0.39 is 58.8 Å². The Kier molecular flexibility index (Phi) is 14.3. The molecule has 2 fully saturated rings. The lowest BCUT2D eigenvalue weighted by molar-refractivity contribution is -0.155. The van der Waals surface area contributed by atoms with Crippen LogP contribution in [0.15, 0.2) is 73.4 Å². The minimum absolute atomic E-state index is 0.0241. The van der Waals surface area contributed by atoms with E-state index in [9.17, 15) is 24.0 Å². The van der Waals surface area contributed by atoms with Crippen LogP contribution in [-0.2, 0) is 52.8 Å². The molecule has 3 aliphatic rings. The fourth-order valence-electron chi connectivity index (χ4n) is 10.2. The van der Waals surface area contributed by atoms with Crippen molar-refractivity contribution < 1.29 is 37.8 Å². The largest absolute Gasteiger partial charge is 0.464 e. The molecule has 7 rings (SSSR count). The number of cyclic esters (lactones) is 1. The molecular weight excluding hydrogens is 840 g/mol. The summed E-state index contributed by atoms with van der Waals surface area (Å²) in [6.45, 7) is 15.3. The highest BCUT2D eigenvalue weighted by atomic mass is 19.1. The highest BCUT2D eigenvalue weighted by molar-refractivity contribution is 5.97. The average Bonchev–Trinajstić information content (AvgIpc) is 3.92. The minimum atomic E-state index is -2.22. The summed E-state index contributed by atoms with van der Waals surface area (Å²) in [5.41, 5.74) is 7.83. The number of esters is 1. The number of benzene rings is 2. The summed E-state index contributed by atoms with van der Waals surface area (Å²) in [6, 6.07) is 14.5. The predicted molar refractivity (Wildman–Crippen MR) is 251 cm³/mol. The van der Waals surface area contributed by atoms with E-state index in [1.54, 1.807) is 13.3 Å². The fourth-order valence-corrected chi connectivity index (χ4v) is 10.2. The molecule has 66 heavy (non-hydrogen) atoms. The van der Waals surface area contributed by atoms with Crippen molar-refractivity contribution >= 4 is 40.4 Å². The number of carbonyl (C=O) groups is 5. The lowest BCUT2D eigenvalue weighted by Crippen LogP contribution is -2.63. The van der Waals surface area contributed by atoms with Gasteiger partial charge in [-0.05, 0) is 119 Å². The molecule has 14 heteroatoms. The zero-order valence-electron chi connectivity index (χ0n) is 39.6. The maximum absolute atomic E-state index is 16.3. The van der Waals surface area contributed by atoms with Gasteiger partial charge in [0.05, 0.1) is 24.1 Å². The van der Waals surface area contributed by atoms with Gasteiger partial charge in [-0.3, -0.25) is 34.0 Å². The number of hydrazine groups is 1. The van der Waals surface area contributed by atoms with E-state index in [2.05, 4.69) is 66.9 Å². The molecule has 0 spiro atoms. The topological polar surface area (TPSA) is 152 Å². The number of nitrogens with one attached hydrogen (secondary N) is 2. The molecule has 6 bridgehead atoms. The lowest BCUT2D eigenvalue weighted by Gasteiger charge is -2.38. The number of aryl methyl sites for hydroxylation is 1. The molecule has 1 aliphatic carbocycles. The molecule has 13 nitrogen and oxygen atoms in total. The summed E-state index contributed by atoms with van der Waals surface area (Å²) in [5.74, 6) is -3.38. The molecule has 2 aromatic carbocycles. The zero-order chi connectivity index (χ0) is 47.7. The number of methoxy groups -OCH3 is 1. The molecule has 1 saturated carbocycles. The third-order valence-corrected chi connectivity index (χ3v) is 13.6. The maximum atomic E-state index is 16.3. The van der Waals surface area contributed by atoms with Gasteiger partial charge in [-0.15, -0.1) is 0 Å². The molecular formula is C52H65FN6O7. The highest BCUT2D eigenvalue weighted by Gasteiger charge is 2.45. The van der Waals surface area contributed by atoms with Crippen molar-refractivity contribution in [3.05, 3.63) is 90.3 Å². The summed E-state index contributed by atoms with van der Waals surface area (Å²) >= 11 is 0. The third kappa shape index (κ3) is 10.00. The van der Waals surface area contributed by atoms with Gasteiger partial charge in [-0.2, -0.15) is 0 Å². The molecule has 2 aliphatic heterocycles. The minimum Gasteiger partial charge on any atom is -0.464 e. The Bertz CT molecular complexity index is 2510. The third-order valence-electron chi connectivity index (χ3n) is 13.6. The molecule has 4 heterocycles. The SMILES string of the molecule is C=CC(=O)C1CC[C@H](C(=O)N(C)[C@H](C(=O)N[C@H]2Cc3cccc(c3)-c3ccc4c(c3)c(c(-c3cccnc3[C@H](C)OC)n4CC)CC(C)(C)COC(=O)[C@@H]3CCCN(N3)C2=O)C(C)(C)F)C1. The van der Waals surface area contributed by atoms with E-state index in [0.717, 1.165) is 55.0 Å². The summed E-state index contributed by atoms with van der Waals surface area (Å²) in [6.07, 6.45) is 5.47. The van der Waals surface area contributed by atoms with Crippen molar-refractivity contribution in [3.63, 3.8) is 0 Å². The quantitative estimate of drug-likeness (QED) is 0.115. The molecule has 1 unspecified atom stereocenters. The Morgan fingerprint density at radius 3 is 2.55 bits per heavy atom. The standard InChI is InChI=1S/C52H65FN6O7/c1-10-43(60)35-19-20-36(27-35)48(62)57(8)46(52(6,7)53)47(61)55-41-26-32-15-12-16-33(25-32)34-21-22-42-38(28-34)39(45(58(42)11-2)37-17-13-23-54-44(37)31(3)65-9)29-51(4,5)30-66-50(64)40-18-14-24-59(56-40)49(41)63/h10,12-13,15-17,21-23,25,28,31,35-36,40-41,46,56H,1,11,14,18-20,24,26-27,29-30H2,2-9H3,(H,55,61)/t31-,35?,36-,40-,41-,46+/m0/s1. The molecule has 2 aromatic heterocycles. The summed E-state index contributed by atoms with van der Waals surface area (Å²) in [5, 5.41) is 5.25. The molecule has 3 amide bonds. The van der Waals surface area contributed by atoms with Crippen LogP contribution in [0, 0.1) is 17.3 Å². The second-order valence-electron chi connectivity index (χ2n) is 19.6. The second kappa shape index (κ2) is 19.6. The summed E-state index contributed by atoms with van der Waals surface area (Å²) in [7, 11) is 3.07. The first-order chi connectivity index (χ1) is 31.3. The zero-order valence-corrected chi connectivity index (χ0v) is 39.6. The highest BCUT2D eigenvalue weighted by Crippen LogP contribution is 2.42. The van der Waals surface area contributed by atoms with Crippen LogP contribution in [0.2, 0.25) is 0 Å². The number of rotatable bonds is 11. The predicted octanol–water partition coefficient (Wildman–Crippen LogP) is 7.49. The number of alkyl halides is 1. The van der Waals surface area contributed by atoms with Crippen molar-refractivity contribution in [3.8, 4) is 22.4 Å². The van der Waals surface area contributed by atoms with Crippen LogP contribution in [0.1, 0.15) is 96.6 Å². The average molecular weight is 905 g/mol. The summed E-state index contributed by atoms with van der Waals surface area (Å²) in [4.78, 5) is 75.2. The van der Waals surface area contributed by atoms with Crippen LogP contribution in [0.4, 0.5) is 4.39 Å². The van der Waals surface area contributed by atoms with E-state index >= 15 is 4.39 Å². The van der Waals surface area contributed by atoms with Gasteiger partial charge in [0.2, 0.25) is 11.8 Å². The molecule has 6 atom stereocenters. The van der Waals surface area contributed by atoms with E-state index in [4.69, 9.17) is 14.5 Å². The van der Waals surface area contributed by atoms with E-state index in [1.807, 2.05) is 37.3 Å².